The first-order valence-corrected chi connectivity index (χ1v) is 7.89. The zero-order chi connectivity index (χ0) is 16.7. The number of aryl methyl sites for hydroxylation is 2. The van der Waals surface area contributed by atoms with Gasteiger partial charge in [-0.05, 0) is 42.8 Å². The van der Waals surface area contributed by atoms with E-state index in [4.69, 9.17) is 12.2 Å². The number of hydrogen-bond acceptors (Lipinski definition) is 2. The second kappa shape index (κ2) is 8.29. The molecule has 3 N–H and O–H groups in total. The number of rotatable bonds is 5. The van der Waals surface area contributed by atoms with Crippen molar-refractivity contribution in [1.82, 2.24) is 10.6 Å². The fourth-order valence-electron chi connectivity index (χ4n) is 2.20. The Morgan fingerprint density at radius 3 is 2.26 bits per heavy atom. The van der Waals surface area contributed by atoms with Crippen molar-refractivity contribution in [3.05, 3.63) is 65.2 Å². The van der Waals surface area contributed by atoms with Crippen molar-refractivity contribution < 1.29 is 4.79 Å². The summed E-state index contributed by atoms with van der Waals surface area (Å²) in [6, 6.07) is 15.9. The lowest BCUT2D eigenvalue weighted by atomic mass is 10.1. The van der Waals surface area contributed by atoms with Crippen molar-refractivity contribution in [3.63, 3.8) is 0 Å². The summed E-state index contributed by atoms with van der Waals surface area (Å²) in [5.74, 6) is -0.119. The van der Waals surface area contributed by atoms with Crippen LogP contribution in [0.5, 0.6) is 0 Å². The average Bonchev–Trinajstić information content (AvgIpc) is 2.55. The SMILES string of the molecule is Cc1cccc(C)c1NC(=O)CNC(=S)NCc1ccccc1. The number of carbonyl (C=O) groups is 1. The van der Waals surface area contributed by atoms with Gasteiger partial charge in [0.15, 0.2) is 5.11 Å². The molecule has 0 aliphatic carbocycles. The van der Waals surface area contributed by atoms with E-state index in [1.54, 1.807) is 0 Å². The van der Waals surface area contributed by atoms with Gasteiger partial charge >= 0.3 is 0 Å². The van der Waals surface area contributed by atoms with Crippen LogP contribution >= 0.6 is 12.2 Å². The third-order valence-electron chi connectivity index (χ3n) is 3.45. The summed E-state index contributed by atoms with van der Waals surface area (Å²) in [6.45, 7) is 4.71. The first kappa shape index (κ1) is 17.0. The lowest BCUT2D eigenvalue weighted by Gasteiger charge is -2.13. The Balaban J connectivity index is 1.77. The molecule has 0 heterocycles. The number of benzene rings is 2. The molecule has 23 heavy (non-hydrogen) atoms. The van der Waals surface area contributed by atoms with E-state index in [1.165, 1.54) is 0 Å². The van der Waals surface area contributed by atoms with Gasteiger partial charge in [0.05, 0.1) is 6.54 Å². The molecular formula is C18H21N3OS. The van der Waals surface area contributed by atoms with E-state index < -0.39 is 0 Å². The Hall–Kier alpha value is -2.40. The first-order chi connectivity index (χ1) is 11.1. The monoisotopic (exact) mass is 327 g/mol. The molecular weight excluding hydrogens is 306 g/mol. The molecule has 0 saturated carbocycles. The maximum Gasteiger partial charge on any atom is 0.243 e. The van der Waals surface area contributed by atoms with E-state index in [1.807, 2.05) is 62.4 Å². The fraction of sp³-hybridized carbons (Fsp3) is 0.222. The van der Waals surface area contributed by atoms with Crippen LogP contribution in [0, 0.1) is 13.8 Å². The van der Waals surface area contributed by atoms with Crippen molar-refractivity contribution in [2.75, 3.05) is 11.9 Å². The lowest BCUT2D eigenvalue weighted by Crippen LogP contribution is -2.39. The molecule has 2 aromatic rings. The molecule has 0 bridgehead atoms. The van der Waals surface area contributed by atoms with Gasteiger partial charge in [-0.15, -0.1) is 0 Å². The van der Waals surface area contributed by atoms with Crippen LogP contribution in [-0.2, 0) is 11.3 Å². The molecule has 0 spiro atoms. The number of anilines is 1. The van der Waals surface area contributed by atoms with Crippen molar-refractivity contribution in [1.29, 1.82) is 0 Å². The Labute approximate surface area is 142 Å². The Morgan fingerprint density at radius 2 is 1.61 bits per heavy atom. The zero-order valence-electron chi connectivity index (χ0n) is 13.3. The third kappa shape index (κ3) is 5.38. The minimum absolute atomic E-state index is 0.119. The van der Waals surface area contributed by atoms with Gasteiger partial charge in [0.25, 0.3) is 0 Å². The summed E-state index contributed by atoms with van der Waals surface area (Å²) in [7, 11) is 0. The minimum atomic E-state index is -0.119. The van der Waals surface area contributed by atoms with Crippen LogP contribution in [-0.4, -0.2) is 17.6 Å². The van der Waals surface area contributed by atoms with Crippen LogP contribution in [0.1, 0.15) is 16.7 Å². The van der Waals surface area contributed by atoms with Crippen molar-refractivity contribution in [3.8, 4) is 0 Å². The van der Waals surface area contributed by atoms with Gasteiger partial charge in [0.2, 0.25) is 5.91 Å². The van der Waals surface area contributed by atoms with E-state index in [-0.39, 0.29) is 12.5 Å². The zero-order valence-corrected chi connectivity index (χ0v) is 14.2. The number of para-hydroxylation sites is 1. The number of thiocarbonyl (C=S) groups is 1. The first-order valence-electron chi connectivity index (χ1n) is 7.48. The molecule has 120 valence electrons. The van der Waals surface area contributed by atoms with Gasteiger partial charge in [0.1, 0.15) is 0 Å². The minimum Gasteiger partial charge on any atom is -0.359 e. The summed E-state index contributed by atoms with van der Waals surface area (Å²) in [5.41, 5.74) is 4.09. The number of carbonyl (C=O) groups excluding carboxylic acids is 1. The topological polar surface area (TPSA) is 53.2 Å². The highest BCUT2D eigenvalue weighted by Gasteiger charge is 2.07. The molecule has 2 rings (SSSR count). The molecule has 5 heteroatoms. The summed E-state index contributed by atoms with van der Waals surface area (Å²) in [5, 5.41) is 9.38. The van der Waals surface area contributed by atoms with Crippen molar-refractivity contribution in [2.24, 2.45) is 0 Å². The molecule has 2 aromatic carbocycles. The van der Waals surface area contributed by atoms with Crippen molar-refractivity contribution >= 4 is 28.9 Å². The molecule has 0 saturated heterocycles. The quantitative estimate of drug-likeness (QED) is 0.739. The van der Waals surface area contributed by atoms with Crippen LogP contribution < -0.4 is 16.0 Å². The Morgan fingerprint density at radius 1 is 0.957 bits per heavy atom. The Bertz CT molecular complexity index is 666. The maximum absolute atomic E-state index is 12.0. The van der Waals surface area contributed by atoms with Crippen LogP contribution in [0.2, 0.25) is 0 Å². The van der Waals surface area contributed by atoms with Crippen LogP contribution in [0.3, 0.4) is 0 Å². The molecule has 4 nitrogen and oxygen atoms in total. The van der Waals surface area contributed by atoms with Gasteiger partial charge < -0.3 is 16.0 Å². The van der Waals surface area contributed by atoms with Crippen LogP contribution in [0.25, 0.3) is 0 Å². The molecule has 0 aromatic heterocycles. The van der Waals surface area contributed by atoms with E-state index >= 15 is 0 Å². The lowest BCUT2D eigenvalue weighted by molar-refractivity contribution is -0.115. The molecule has 0 fully saturated rings. The van der Waals surface area contributed by atoms with Crippen LogP contribution in [0.15, 0.2) is 48.5 Å². The number of hydrogen-bond donors (Lipinski definition) is 3. The summed E-state index contributed by atoms with van der Waals surface area (Å²) in [4.78, 5) is 12.0. The summed E-state index contributed by atoms with van der Waals surface area (Å²) < 4.78 is 0. The van der Waals surface area contributed by atoms with E-state index in [2.05, 4.69) is 16.0 Å². The Kier molecular flexibility index (Phi) is 6.11. The van der Waals surface area contributed by atoms with E-state index in [0.717, 1.165) is 22.4 Å². The molecule has 0 aliphatic heterocycles. The highest BCUT2D eigenvalue weighted by atomic mass is 32.1. The van der Waals surface area contributed by atoms with Crippen LogP contribution in [0.4, 0.5) is 5.69 Å². The fourth-order valence-corrected chi connectivity index (χ4v) is 2.34. The number of nitrogens with one attached hydrogen (secondary N) is 3. The van der Waals surface area contributed by atoms with Crippen molar-refractivity contribution in [2.45, 2.75) is 20.4 Å². The van der Waals surface area contributed by atoms with Gasteiger partial charge in [0, 0.05) is 12.2 Å². The summed E-state index contributed by atoms with van der Waals surface area (Å²) in [6.07, 6.45) is 0. The van der Waals surface area contributed by atoms with Gasteiger partial charge in [-0.2, -0.15) is 0 Å². The second-order valence-electron chi connectivity index (χ2n) is 5.34. The van der Waals surface area contributed by atoms with E-state index in [0.29, 0.717) is 11.7 Å². The van der Waals surface area contributed by atoms with Gasteiger partial charge in [-0.3, -0.25) is 4.79 Å². The highest BCUT2D eigenvalue weighted by Crippen LogP contribution is 2.18. The largest absolute Gasteiger partial charge is 0.359 e. The normalized spacial score (nSPS) is 10.0. The molecule has 0 aliphatic rings. The number of amides is 1. The average molecular weight is 327 g/mol. The van der Waals surface area contributed by atoms with E-state index in [9.17, 15) is 4.79 Å². The highest BCUT2D eigenvalue weighted by molar-refractivity contribution is 7.80. The summed E-state index contributed by atoms with van der Waals surface area (Å²) >= 11 is 5.19. The molecule has 1 amide bonds. The molecule has 0 unspecified atom stereocenters. The second-order valence-corrected chi connectivity index (χ2v) is 5.75. The predicted molar refractivity (Wildman–Crippen MR) is 98.4 cm³/mol. The predicted octanol–water partition coefficient (Wildman–Crippen LogP) is 2.91. The molecule has 0 radical (unpaired) electrons. The standard InChI is InChI=1S/C18H21N3OS/c1-13-7-6-8-14(2)17(13)21-16(22)12-20-18(23)19-11-15-9-4-3-5-10-15/h3-10H,11-12H2,1-2H3,(H,21,22)(H2,19,20,23). The van der Waals surface area contributed by atoms with Gasteiger partial charge in [-0.1, -0.05) is 48.5 Å². The smallest absolute Gasteiger partial charge is 0.243 e. The van der Waals surface area contributed by atoms with Gasteiger partial charge in [-0.25, -0.2) is 0 Å². The third-order valence-corrected chi connectivity index (χ3v) is 3.74. The maximum atomic E-state index is 12.0. The molecule has 0 atom stereocenters.